The third kappa shape index (κ3) is 5.53. The molecule has 0 radical (unpaired) electrons. The molecule has 0 spiro atoms. The molecule has 1 aliphatic heterocycles. The molecule has 222 valence electrons. The Bertz CT molecular complexity index is 1110. The molecule has 1 saturated heterocycles. The highest BCUT2D eigenvalue weighted by atomic mass is 35.5. The molecule has 6 rings (SSSR count). The summed E-state index contributed by atoms with van der Waals surface area (Å²) in [5.41, 5.74) is 0.0966. The molecule has 2 atom stereocenters. The lowest BCUT2D eigenvalue weighted by atomic mass is 9.44. The van der Waals surface area contributed by atoms with Crippen molar-refractivity contribution in [3.05, 3.63) is 29.0 Å². The summed E-state index contributed by atoms with van der Waals surface area (Å²) in [7, 11) is 1.37. The Morgan fingerprint density at radius 2 is 1.65 bits per heavy atom. The van der Waals surface area contributed by atoms with Crippen LogP contribution in [0.4, 0.5) is 17.6 Å². The largest absolute Gasteiger partial charge is 0.484 e. The minimum Gasteiger partial charge on any atom is -0.484 e. The molecule has 40 heavy (non-hydrogen) atoms. The number of alkyl halides is 3. The van der Waals surface area contributed by atoms with E-state index in [-0.39, 0.29) is 29.8 Å². The molecule has 3 N–H and O–H groups in total. The van der Waals surface area contributed by atoms with Gasteiger partial charge >= 0.3 is 6.18 Å². The Morgan fingerprint density at radius 3 is 2.25 bits per heavy atom. The lowest BCUT2D eigenvalue weighted by molar-refractivity contribution is -0.211. The molecule has 7 nitrogen and oxygen atoms in total. The highest BCUT2D eigenvalue weighted by Crippen LogP contribution is 2.61. The average Bonchev–Trinajstić information content (AvgIpc) is 3.27. The van der Waals surface area contributed by atoms with Gasteiger partial charge in [-0.2, -0.15) is 13.2 Å². The van der Waals surface area contributed by atoms with Crippen LogP contribution in [-0.4, -0.2) is 60.3 Å². The molecule has 0 aromatic heterocycles. The minimum atomic E-state index is -4.57. The summed E-state index contributed by atoms with van der Waals surface area (Å²) in [5, 5.41) is 6.98. The summed E-state index contributed by atoms with van der Waals surface area (Å²) in [6.45, 7) is -0.372. The van der Waals surface area contributed by atoms with E-state index in [4.69, 9.17) is 16.3 Å². The number of hydrazine groups is 1. The van der Waals surface area contributed by atoms with Crippen LogP contribution >= 0.6 is 11.6 Å². The second-order valence-electron chi connectivity index (χ2n) is 12.3. The zero-order chi connectivity index (χ0) is 28.8. The van der Waals surface area contributed by atoms with Crippen molar-refractivity contribution in [1.82, 2.24) is 21.1 Å². The van der Waals surface area contributed by atoms with Crippen LogP contribution in [0.1, 0.15) is 70.6 Å². The van der Waals surface area contributed by atoms with Gasteiger partial charge in [0, 0.05) is 30.7 Å². The highest BCUT2D eigenvalue weighted by molar-refractivity contribution is 6.30. The van der Waals surface area contributed by atoms with E-state index in [2.05, 4.69) is 16.1 Å². The molecule has 1 aromatic carbocycles. The van der Waals surface area contributed by atoms with E-state index < -0.39 is 46.3 Å². The predicted octanol–water partition coefficient (Wildman–Crippen LogP) is 4.88. The number of carbonyl (C=O) groups excluding carboxylic acids is 2. The van der Waals surface area contributed by atoms with Crippen molar-refractivity contribution in [2.45, 2.75) is 93.9 Å². The molecule has 4 saturated carbocycles. The number of carbonyl (C=O) groups is 2. The first-order valence-corrected chi connectivity index (χ1v) is 14.5. The Labute approximate surface area is 236 Å². The average molecular weight is 589 g/mol. The van der Waals surface area contributed by atoms with Gasteiger partial charge in [0.25, 0.3) is 5.91 Å². The van der Waals surface area contributed by atoms with Crippen LogP contribution in [0, 0.1) is 17.2 Å². The SMILES string of the molecule is CN1NCC(C(=O)NC23CC(NC(=O)COc4ccc(Cl)c(F)c4)(C2)C3)(C2CCCCCCCC2)C1C(F)(F)F. The number of nitrogens with zero attached hydrogens (tertiary/aromatic N) is 1. The van der Waals surface area contributed by atoms with E-state index in [1.54, 1.807) is 0 Å². The van der Waals surface area contributed by atoms with Crippen molar-refractivity contribution >= 4 is 23.4 Å². The van der Waals surface area contributed by atoms with Gasteiger partial charge < -0.3 is 15.4 Å². The molecule has 2 bridgehead atoms. The Balaban J connectivity index is 1.23. The second-order valence-corrected chi connectivity index (χ2v) is 12.7. The standard InChI is InChI=1S/C28H37ClF4N4O3/c1-37-23(28(31,32)33)27(17-34-37,18-8-6-4-2-3-5-7-9-18)24(39)36-26-14-25(15-26,16-26)35-22(38)13-40-19-10-11-20(29)21(30)12-19/h10-12,18,23,34H,2-9,13-17H2,1H3,(H,35,38)(H,36,39). The Hall–Kier alpha value is -2.11. The molecular formula is C28H37ClF4N4O3. The molecule has 1 aromatic rings. The zero-order valence-electron chi connectivity index (χ0n) is 22.6. The van der Waals surface area contributed by atoms with Crippen molar-refractivity contribution in [2.24, 2.45) is 11.3 Å². The molecule has 5 fully saturated rings. The molecule has 4 aliphatic carbocycles. The number of nitrogens with one attached hydrogen (secondary N) is 3. The van der Waals surface area contributed by atoms with Crippen molar-refractivity contribution in [2.75, 3.05) is 20.2 Å². The fourth-order valence-corrected chi connectivity index (χ4v) is 7.78. The third-order valence-electron chi connectivity index (χ3n) is 9.39. The van der Waals surface area contributed by atoms with Gasteiger partial charge in [0.05, 0.1) is 10.4 Å². The maximum absolute atomic E-state index is 14.5. The van der Waals surface area contributed by atoms with E-state index in [1.807, 2.05) is 0 Å². The zero-order valence-corrected chi connectivity index (χ0v) is 23.4. The van der Waals surface area contributed by atoms with Gasteiger partial charge in [-0.1, -0.05) is 50.1 Å². The number of hydrogen-bond donors (Lipinski definition) is 3. The van der Waals surface area contributed by atoms with Gasteiger partial charge in [-0.15, -0.1) is 0 Å². The molecule has 2 amide bonds. The van der Waals surface area contributed by atoms with Gasteiger partial charge in [0.2, 0.25) is 5.91 Å². The van der Waals surface area contributed by atoms with Gasteiger partial charge in [-0.25, -0.2) is 9.40 Å². The van der Waals surface area contributed by atoms with Gasteiger partial charge in [-0.05, 0) is 50.2 Å². The molecule has 2 unspecified atom stereocenters. The lowest BCUT2D eigenvalue weighted by Crippen LogP contribution is -2.85. The fourth-order valence-electron chi connectivity index (χ4n) is 7.66. The normalized spacial score (nSPS) is 33.1. The van der Waals surface area contributed by atoms with Gasteiger partial charge in [0.1, 0.15) is 17.6 Å². The van der Waals surface area contributed by atoms with Crippen LogP contribution in [0.5, 0.6) is 5.75 Å². The number of amides is 2. The van der Waals surface area contributed by atoms with Gasteiger partial charge in [-0.3, -0.25) is 15.0 Å². The van der Waals surface area contributed by atoms with E-state index in [9.17, 15) is 27.2 Å². The van der Waals surface area contributed by atoms with Gasteiger partial charge in [0.15, 0.2) is 6.61 Å². The van der Waals surface area contributed by atoms with Crippen LogP contribution < -0.4 is 20.8 Å². The van der Waals surface area contributed by atoms with Crippen LogP contribution in [0.3, 0.4) is 0 Å². The lowest BCUT2D eigenvalue weighted by Gasteiger charge is -2.70. The van der Waals surface area contributed by atoms with Crippen LogP contribution in [0.25, 0.3) is 0 Å². The Kier molecular flexibility index (Phi) is 8.04. The number of halogens is 5. The van der Waals surface area contributed by atoms with Crippen LogP contribution in [0.15, 0.2) is 18.2 Å². The summed E-state index contributed by atoms with van der Waals surface area (Å²) >= 11 is 5.66. The molecule has 5 aliphatic rings. The molecular weight excluding hydrogens is 552 g/mol. The second kappa shape index (κ2) is 10.9. The fraction of sp³-hybridized carbons (Fsp3) is 0.714. The number of rotatable bonds is 7. The summed E-state index contributed by atoms with van der Waals surface area (Å²) in [6.07, 6.45) is 3.70. The topological polar surface area (TPSA) is 82.7 Å². The maximum Gasteiger partial charge on any atom is 0.406 e. The summed E-state index contributed by atoms with van der Waals surface area (Å²) in [6, 6.07) is 1.98. The molecule has 1 heterocycles. The van der Waals surface area contributed by atoms with E-state index in [0.29, 0.717) is 32.1 Å². The quantitative estimate of drug-likeness (QED) is 0.396. The number of hydrogen-bond acceptors (Lipinski definition) is 5. The van der Waals surface area contributed by atoms with Crippen molar-refractivity contribution in [1.29, 1.82) is 0 Å². The predicted molar refractivity (Wildman–Crippen MR) is 141 cm³/mol. The van der Waals surface area contributed by atoms with Crippen molar-refractivity contribution in [3.8, 4) is 5.75 Å². The van der Waals surface area contributed by atoms with Crippen molar-refractivity contribution in [3.63, 3.8) is 0 Å². The molecule has 12 heteroatoms. The number of benzene rings is 1. The highest BCUT2D eigenvalue weighted by Gasteiger charge is 2.72. The number of ether oxygens (including phenoxy) is 1. The van der Waals surface area contributed by atoms with Crippen molar-refractivity contribution < 1.29 is 31.9 Å². The van der Waals surface area contributed by atoms with E-state index >= 15 is 0 Å². The van der Waals surface area contributed by atoms with Crippen LogP contribution in [0.2, 0.25) is 5.02 Å². The summed E-state index contributed by atoms with van der Waals surface area (Å²) in [4.78, 5) is 26.5. The Morgan fingerprint density at radius 1 is 1.05 bits per heavy atom. The first-order valence-electron chi connectivity index (χ1n) is 14.1. The summed E-state index contributed by atoms with van der Waals surface area (Å²) < 4.78 is 62.5. The third-order valence-corrected chi connectivity index (χ3v) is 9.69. The first kappa shape index (κ1) is 29.4. The first-order chi connectivity index (χ1) is 18.9. The monoisotopic (exact) mass is 588 g/mol. The minimum absolute atomic E-state index is 0.0496. The van der Waals surface area contributed by atoms with E-state index in [0.717, 1.165) is 49.6 Å². The van der Waals surface area contributed by atoms with E-state index in [1.165, 1.54) is 19.2 Å². The smallest absolute Gasteiger partial charge is 0.406 e. The maximum atomic E-state index is 14.5. The summed E-state index contributed by atoms with van der Waals surface area (Å²) in [5.74, 6) is -1.80. The van der Waals surface area contributed by atoms with Crippen LogP contribution in [-0.2, 0) is 9.59 Å².